The Labute approximate surface area is 161 Å². The normalized spacial score (nSPS) is 11.2. The molecule has 4 nitrogen and oxygen atoms in total. The number of nitrogens with one attached hydrogen (secondary N) is 2. The minimum atomic E-state index is -3.16. The molecule has 0 heterocycles. The highest BCUT2D eigenvalue weighted by Gasteiger charge is 2.07. The average Bonchev–Trinajstić information content (AvgIpc) is 2.60. The van der Waals surface area contributed by atoms with E-state index in [-0.39, 0.29) is 0 Å². The largest absolute Gasteiger partial charge is 0.358 e. The van der Waals surface area contributed by atoms with Crippen LogP contribution in [0.25, 0.3) is 0 Å². The molecule has 2 aromatic carbocycles. The third-order valence-electron chi connectivity index (χ3n) is 4.16. The zero-order valence-corrected chi connectivity index (χ0v) is 17.1. The zero-order valence-electron chi connectivity index (χ0n) is 15.5. The molecule has 2 aromatic rings. The minimum absolute atomic E-state index is 0.320. The molecule has 0 amide bonds. The average molecular weight is 391 g/mol. The lowest BCUT2D eigenvalue weighted by atomic mass is 10.0. The van der Waals surface area contributed by atoms with Crippen LogP contribution in [0.1, 0.15) is 36.5 Å². The molecule has 2 rings (SSSR count). The number of hydrogen-bond donors (Lipinski definition) is 2. The second kappa shape index (κ2) is 9.14. The number of anilines is 1. The molecular weight excluding hydrogens is 364 g/mol. The van der Waals surface area contributed by atoms with Crippen molar-refractivity contribution in [3.8, 4) is 0 Å². The third kappa shape index (κ3) is 6.11. The van der Waals surface area contributed by atoms with E-state index < -0.39 is 9.84 Å². The van der Waals surface area contributed by atoms with Crippen molar-refractivity contribution in [2.75, 3.05) is 11.6 Å². The fraction of sp³-hybridized carbons (Fsp3) is 0.350. The summed E-state index contributed by atoms with van der Waals surface area (Å²) in [4.78, 5) is 0.320. The van der Waals surface area contributed by atoms with Gasteiger partial charge in [-0.15, -0.1) is 0 Å². The molecule has 0 spiro atoms. The van der Waals surface area contributed by atoms with Gasteiger partial charge in [0.05, 0.1) is 4.90 Å². The van der Waals surface area contributed by atoms with Crippen LogP contribution >= 0.6 is 12.2 Å². The molecule has 0 bridgehead atoms. The van der Waals surface area contributed by atoms with Gasteiger partial charge in [-0.3, -0.25) is 0 Å². The Morgan fingerprint density at radius 2 is 1.73 bits per heavy atom. The second-order valence-electron chi connectivity index (χ2n) is 6.48. The number of aryl methyl sites for hydroxylation is 2. The summed E-state index contributed by atoms with van der Waals surface area (Å²) in [5.74, 6) is 0. The lowest BCUT2D eigenvalue weighted by molar-refractivity contribution is 0.602. The van der Waals surface area contributed by atoms with Crippen LogP contribution in [0.2, 0.25) is 0 Å². The fourth-order valence-electron chi connectivity index (χ4n) is 2.61. The Morgan fingerprint density at radius 1 is 1.08 bits per heavy atom. The van der Waals surface area contributed by atoms with Crippen molar-refractivity contribution in [3.63, 3.8) is 0 Å². The van der Waals surface area contributed by atoms with Gasteiger partial charge in [-0.05, 0) is 66.9 Å². The molecule has 0 aromatic heterocycles. The Balaban J connectivity index is 1.90. The van der Waals surface area contributed by atoms with Gasteiger partial charge in [-0.1, -0.05) is 37.6 Å². The third-order valence-corrected chi connectivity index (χ3v) is 5.54. The summed E-state index contributed by atoms with van der Waals surface area (Å²) in [6.07, 6.45) is 4.70. The van der Waals surface area contributed by atoms with Crippen LogP contribution in [0.15, 0.2) is 47.4 Å². The number of sulfone groups is 1. The zero-order chi connectivity index (χ0) is 19.2. The first-order chi connectivity index (χ1) is 12.3. The molecule has 2 N–H and O–H groups in total. The molecule has 0 aliphatic rings. The predicted octanol–water partition coefficient (Wildman–Crippen LogP) is 4.23. The summed E-state index contributed by atoms with van der Waals surface area (Å²) in [6, 6.07) is 13.2. The Bertz CT molecular complexity index is 860. The van der Waals surface area contributed by atoms with Gasteiger partial charge in [0, 0.05) is 18.5 Å². The van der Waals surface area contributed by atoms with E-state index in [4.69, 9.17) is 12.2 Å². The first-order valence-corrected chi connectivity index (χ1v) is 11.0. The van der Waals surface area contributed by atoms with E-state index in [2.05, 4.69) is 42.7 Å². The Hall–Kier alpha value is -1.92. The summed E-state index contributed by atoms with van der Waals surface area (Å²) in [5, 5.41) is 6.92. The van der Waals surface area contributed by atoms with Crippen LogP contribution in [-0.2, 0) is 22.8 Å². The number of rotatable bonds is 7. The number of benzene rings is 2. The lowest BCUT2D eigenvalue weighted by Gasteiger charge is -2.14. The maximum absolute atomic E-state index is 11.5. The second-order valence-corrected chi connectivity index (χ2v) is 8.90. The highest BCUT2D eigenvalue weighted by Crippen LogP contribution is 2.18. The van der Waals surface area contributed by atoms with Crippen molar-refractivity contribution < 1.29 is 8.42 Å². The highest BCUT2D eigenvalue weighted by molar-refractivity contribution is 7.90. The summed E-state index contributed by atoms with van der Waals surface area (Å²) >= 11 is 5.36. The smallest absolute Gasteiger partial charge is 0.175 e. The lowest BCUT2D eigenvalue weighted by Crippen LogP contribution is -2.28. The van der Waals surface area contributed by atoms with E-state index in [1.165, 1.54) is 30.2 Å². The summed E-state index contributed by atoms with van der Waals surface area (Å²) in [5.41, 5.74) is 4.48. The van der Waals surface area contributed by atoms with Crippen molar-refractivity contribution in [2.45, 2.75) is 44.6 Å². The van der Waals surface area contributed by atoms with Crippen molar-refractivity contribution in [1.29, 1.82) is 0 Å². The van der Waals surface area contributed by atoms with Gasteiger partial charge in [0.25, 0.3) is 0 Å². The van der Waals surface area contributed by atoms with Crippen molar-refractivity contribution in [2.24, 2.45) is 0 Å². The van der Waals surface area contributed by atoms with Crippen LogP contribution < -0.4 is 10.6 Å². The molecule has 0 aliphatic carbocycles. The molecule has 0 saturated carbocycles. The molecule has 0 unspecified atom stereocenters. The summed E-state index contributed by atoms with van der Waals surface area (Å²) in [7, 11) is -3.16. The number of hydrogen-bond acceptors (Lipinski definition) is 3. The number of thiocarbonyl (C=S) groups is 1. The van der Waals surface area contributed by atoms with Crippen LogP contribution in [0.3, 0.4) is 0 Å². The van der Waals surface area contributed by atoms with E-state index in [9.17, 15) is 8.42 Å². The van der Waals surface area contributed by atoms with Crippen molar-refractivity contribution in [1.82, 2.24) is 5.32 Å². The van der Waals surface area contributed by atoms with Crippen LogP contribution in [0, 0.1) is 6.92 Å². The molecule has 6 heteroatoms. The monoisotopic (exact) mass is 390 g/mol. The van der Waals surface area contributed by atoms with Gasteiger partial charge in [0.1, 0.15) is 0 Å². The highest BCUT2D eigenvalue weighted by atomic mass is 32.2. The molecule has 0 fully saturated rings. The Kier molecular flexibility index (Phi) is 7.17. The van der Waals surface area contributed by atoms with Gasteiger partial charge in [0.15, 0.2) is 14.9 Å². The maximum atomic E-state index is 11.5. The molecule has 140 valence electrons. The van der Waals surface area contributed by atoms with Gasteiger partial charge in [-0.25, -0.2) is 8.42 Å². The predicted molar refractivity (Wildman–Crippen MR) is 112 cm³/mol. The quantitative estimate of drug-likeness (QED) is 0.693. The molecular formula is C20H26N2O2S2. The van der Waals surface area contributed by atoms with Crippen LogP contribution in [0.5, 0.6) is 0 Å². The van der Waals surface area contributed by atoms with Crippen molar-refractivity contribution in [3.05, 3.63) is 59.2 Å². The van der Waals surface area contributed by atoms with Crippen LogP contribution in [0.4, 0.5) is 5.69 Å². The topological polar surface area (TPSA) is 58.2 Å². The fourth-order valence-corrected chi connectivity index (χ4v) is 3.42. The summed E-state index contributed by atoms with van der Waals surface area (Å²) in [6.45, 7) is 4.80. The van der Waals surface area contributed by atoms with E-state index in [0.717, 1.165) is 17.7 Å². The van der Waals surface area contributed by atoms with Gasteiger partial charge in [-0.2, -0.15) is 0 Å². The van der Waals surface area contributed by atoms with E-state index in [1.54, 1.807) is 24.3 Å². The molecule has 0 radical (unpaired) electrons. The van der Waals surface area contributed by atoms with Gasteiger partial charge in [0.2, 0.25) is 0 Å². The maximum Gasteiger partial charge on any atom is 0.175 e. The van der Waals surface area contributed by atoms with E-state index in [0.29, 0.717) is 16.6 Å². The molecule has 0 saturated heterocycles. The van der Waals surface area contributed by atoms with E-state index >= 15 is 0 Å². The van der Waals surface area contributed by atoms with Crippen molar-refractivity contribution >= 4 is 32.9 Å². The minimum Gasteiger partial charge on any atom is -0.358 e. The van der Waals surface area contributed by atoms with Gasteiger partial charge >= 0.3 is 0 Å². The SMILES string of the molecule is CCCCc1ccc(NC(=S)NCc2ccc(S(C)(=O)=O)cc2)c(C)c1. The molecule has 0 atom stereocenters. The first kappa shape index (κ1) is 20.4. The molecule has 0 aliphatic heterocycles. The van der Waals surface area contributed by atoms with E-state index in [1.807, 2.05) is 0 Å². The number of unbranched alkanes of at least 4 members (excludes halogenated alkanes) is 1. The first-order valence-electron chi connectivity index (χ1n) is 8.73. The Morgan fingerprint density at radius 3 is 2.31 bits per heavy atom. The van der Waals surface area contributed by atoms with Gasteiger partial charge < -0.3 is 10.6 Å². The standard InChI is InChI=1S/C20H26N2O2S2/c1-4-5-6-16-9-12-19(15(2)13-16)22-20(25)21-14-17-7-10-18(11-8-17)26(3,23)24/h7-13H,4-6,14H2,1-3H3,(H2,21,22,25). The molecule has 26 heavy (non-hydrogen) atoms. The summed E-state index contributed by atoms with van der Waals surface area (Å²) < 4.78 is 23.0. The van der Waals surface area contributed by atoms with Crippen LogP contribution in [-0.4, -0.2) is 19.8 Å².